The quantitative estimate of drug-likeness (QED) is 0.666. The van der Waals surface area contributed by atoms with E-state index in [0.29, 0.717) is 27.5 Å². The first kappa shape index (κ1) is 13.3. The van der Waals surface area contributed by atoms with E-state index < -0.39 is 0 Å². The van der Waals surface area contributed by atoms with Crippen LogP contribution in [0, 0.1) is 18.3 Å². The average Bonchev–Trinajstić information content (AvgIpc) is 2.43. The molecule has 2 aromatic rings. The Bertz CT molecular complexity index is 653. The third-order valence-electron chi connectivity index (χ3n) is 2.42. The van der Waals surface area contributed by atoms with Gasteiger partial charge in [0.1, 0.15) is 16.5 Å². The molecule has 7 heteroatoms. The summed E-state index contributed by atoms with van der Waals surface area (Å²) in [5, 5.41) is 8.89. The molecule has 0 atom stereocenters. The first-order valence-electron chi connectivity index (χ1n) is 5.31. The molecule has 1 heterocycles. The topological polar surface area (TPSA) is 96.8 Å². The van der Waals surface area contributed by atoms with Crippen molar-refractivity contribution in [2.45, 2.75) is 6.92 Å². The Kier molecular flexibility index (Phi) is 3.94. The molecular formula is C12H10BrN5O. The summed E-state index contributed by atoms with van der Waals surface area (Å²) in [6.07, 6.45) is 1.33. The van der Waals surface area contributed by atoms with Gasteiger partial charge in [-0.3, -0.25) is 0 Å². The highest BCUT2D eigenvalue weighted by Crippen LogP contribution is 2.32. The minimum Gasteiger partial charge on any atom is -0.437 e. The summed E-state index contributed by atoms with van der Waals surface area (Å²) in [5.74, 6) is 6.61. The number of aromatic nitrogens is 2. The van der Waals surface area contributed by atoms with Crippen molar-refractivity contribution in [1.82, 2.24) is 9.97 Å². The fourth-order valence-electron chi connectivity index (χ4n) is 1.41. The monoisotopic (exact) mass is 319 g/mol. The predicted octanol–water partition coefficient (Wildman–Crippen LogP) is 2.50. The molecular weight excluding hydrogens is 310 g/mol. The van der Waals surface area contributed by atoms with Crippen molar-refractivity contribution in [3.8, 4) is 17.7 Å². The van der Waals surface area contributed by atoms with Crippen LogP contribution in [0.15, 0.2) is 29.0 Å². The third kappa shape index (κ3) is 2.81. The summed E-state index contributed by atoms with van der Waals surface area (Å²) in [7, 11) is 0. The van der Waals surface area contributed by atoms with Crippen LogP contribution in [0.5, 0.6) is 11.6 Å². The van der Waals surface area contributed by atoms with Crippen molar-refractivity contribution in [2.24, 2.45) is 5.84 Å². The largest absolute Gasteiger partial charge is 0.437 e. The summed E-state index contributed by atoms with van der Waals surface area (Å²) in [6, 6.07) is 7.25. The second kappa shape index (κ2) is 5.65. The van der Waals surface area contributed by atoms with E-state index in [-0.39, 0.29) is 0 Å². The van der Waals surface area contributed by atoms with Crippen molar-refractivity contribution in [3.05, 3.63) is 40.1 Å². The molecule has 0 radical (unpaired) electrons. The van der Waals surface area contributed by atoms with E-state index in [1.165, 1.54) is 6.33 Å². The number of nitrogens with zero attached hydrogens (tertiary/aromatic N) is 3. The molecule has 0 amide bonds. The molecule has 1 aromatic carbocycles. The molecule has 0 saturated carbocycles. The van der Waals surface area contributed by atoms with E-state index in [0.717, 1.165) is 5.56 Å². The lowest BCUT2D eigenvalue weighted by Crippen LogP contribution is -2.10. The van der Waals surface area contributed by atoms with Crippen LogP contribution >= 0.6 is 15.9 Å². The molecule has 0 bridgehead atoms. The van der Waals surface area contributed by atoms with Gasteiger partial charge in [0.15, 0.2) is 5.82 Å². The molecule has 3 N–H and O–H groups in total. The van der Waals surface area contributed by atoms with E-state index in [1.807, 2.05) is 13.0 Å². The van der Waals surface area contributed by atoms with Crippen molar-refractivity contribution in [2.75, 3.05) is 5.43 Å². The lowest BCUT2D eigenvalue weighted by Gasteiger charge is -2.10. The highest BCUT2D eigenvalue weighted by Gasteiger charge is 2.11. The number of halogens is 1. The minimum absolute atomic E-state index is 0.320. The molecule has 96 valence electrons. The zero-order valence-corrected chi connectivity index (χ0v) is 11.6. The number of anilines is 1. The fourth-order valence-corrected chi connectivity index (χ4v) is 1.81. The Balaban J connectivity index is 2.39. The molecule has 19 heavy (non-hydrogen) atoms. The molecule has 0 spiro atoms. The molecule has 0 fully saturated rings. The molecule has 0 aliphatic rings. The number of hydrogen-bond donors (Lipinski definition) is 2. The highest BCUT2D eigenvalue weighted by atomic mass is 79.9. The Morgan fingerprint density at radius 2 is 2.21 bits per heavy atom. The lowest BCUT2D eigenvalue weighted by molar-refractivity contribution is 0.455. The Hall–Kier alpha value is -2.17. The van der Waals surface area contributed by atoms with Crippen LogP contribution in [0.2, 0.25) is 0 Å². The summed E-state index contributed by atoms with van der Waals surface area (Å²) in [6.45, 7) is 1.88. The van der Waals surface area contributed by atoms with Gasteiger partial charge in [-0.1, -0.05) is 6.07 Å². The van der Waals surface area contributed by atoms with Gasteiger partial charge in [0.05, 0.1) is 11.6 Å². The molecule has 6 nitrogen and oxygen atoms in total. The van der Waals surface area contributed by atoms with Crippen LogP contribution in [0.3, 0.4) is 0 Å². The standard InChI is InChI=1S/C12H10BrN5O/c1-7-2-3-8(5-14)4-9(7)19-12-10(13)11(18-15)16-6-17-12/h2-4,6H,15H2,1H3,(H,16,17,18). The number of ether oxygens (including phenoxy) is 1. The van der Waals surface area contributed by atoms with Crippen LogP contribution in [-0.2, 0) is 0 Å². The van der Waals surface area contributed by atoms with E-state index in [2.05, 4.69) is 37.4 Å². The van der Waals surface area contributed by atoms with Gasteiger partial charge in [0.2, 0.25) is 5.88 Å². The third-order valence-corrected chi connectivity index (χ3v) is 3.13. The minimum atomic E-state index is 0.320. The lowest BCUT2D eigenvalue weighted by atomic mass is 10.1. The van der Waals surface area contributed by atoms with Gasteiger partial charge in [0.25, 0.3) is 0 Å². The summed E-state index contributed by atoms with van der Waals surface area (Å²) < 4.78 is 6.19. The SMILES string of the molecule is Cc1ccc(C#N)cc1Oc1ncnc(NN)c1Br. The number of nitriles is 1. The normalized spacial score (nSPS) is 9.79. The van der Waals surface area contributed by atoms with Gasteiger partial charge < -0.3 is 10.2 Å². The first-order chi connectivity index (χ1) is 9.15. The zero-order valence-electron chi connectivity index (χ0n) is 10.0. The first-order valence-corrected chi connectivity index (χ1v) is 6.10. The molecule has 1 aromatic heterocycles. The van der Waals surface area contributed by atoms with E-state index in [9.17, 15) is 0 Å². The van der Waals surface area contributed by atoms with Gasteiger partial charge in [-0.25, -0.2) is 15.8 Å². The maximum Gasteiger partial charge on any atom is 0.238 e. The highest BCUT2D eigenvalue weighted by molar-refractivity contribution is 9.10. The number of hydrazine groups is 1. The zero-order chi connectivity index (χ0) is 13.8. The van der Waals surface area contributed by atoms with E-state index in [4.69, 9.17) is 15.8 Å². The van der Waals surface area contributed by atoms with Crippen LogP contribution in [0.25, 0.3) is 0 Å². The number of aryl methyl sites for hydroxylation is 1. The molecule has 0 aliphatic heterocycles. The van der Waals surface area contributed by atoms with Crippen molar-refractivity contribution in [1.29, 1.82) is 5.26 Å². The van der Waals surface area contributed by atoms with E-state index >= 15 is 0 Å². The predicted molar refractivity (Wildman–Crippen MR) is 73.5 cm³/mol. The maximum absolute atomic E-state index is 8.89. The van der Waals surface area contributed by atoms with Gasteiger partial charge in [-0.15, -0.1) is 0 Å². The number of nitrogen functional groups attached to an aromatic ring is 1. The van der Waals surface area contributed by atoms with E-state index in [1.54, 1.807) is 12.1 Å². The molecule has 0 saturated heterocycles. The maximum atomic E-state index is 8.89. The van der Waals surface area contributed by atoms with Crippen LogP contribution in [-0.4, -0.2) is 9.97 Å². The van der Waals surface area contributed by atoms with Crippen LogP contribution in [0.1, 0.15) is 11.1 Å². The van der Waals surface area contributed by atoms with Crippen LogP contribution in [0.4, 0.5) is 5.82 Å². The molecule has 0 aliphatic carbocycles. The Labute approximate surface area is 118 Å². The number of rotatable bonds is 3. The van der Waals surface area contributed by atoms with Crippen molar-refractivity contribution < 1.29 is 4.74 Å². The fraction of sp³-hybridized carbons (Fsp3) is 0.0833. The summed E-state index contributed by atoms with van der Waals surface area (Å²) in [5.41, 5.74) is 3.84. The Morgan fingerprint density at radius 3 is 2.89 bits per heavy atom. The number of benzene rings is 1. The van der Waals surface area contributed by atoms with Gasteiger partial charge >= 0.3 is 0 Å². The average molecular weight is 320 g/mol. The van der Waals surface area contributed by atoms with Crippen molar-refractivity contribution >= 4 is 21.7 Å². The second-order valence-corrected chi connectivity index (χ2v) is 4.47. The smallest absolute Gasteiger partial charge is 0.238 e. The second-order valence-electron chi connectivity index (χ2n) is 3.68. The molecule has 0 unspecified atom stereocenters. The van der Waals surface area contributed by atoms with Crippen LogP contribution < -0.4 is 16.0 Å². The number of hydrogen-bond acceptors (Lipinski definition) is 6. The summed E-state index contributed by atoms with van der Waals surface area (Å²) in [4.78, 5) is 7.95. The molecule has 2 rings (SSSR count). The van der Waals surface area contributed by atoms with Gasteiger partial charge in [-0.05, 0) is 40.5 Å². The van der Waals surface area contributed by atoms with Gasteiger partial charge in [-0.2, -0.15) is 5.26 Å². The number of nitrogens with one attached hydrogen (secondary N) is 1. The van der Waals surface area contributed by atoms with Gasteiger partial charge in [0, 0.05) is 0 Å². The van der Waals surface area contributed by atoms with Crippen molar-refractivity contribution in [3.63, 3.8) is 0 Å². The number of nitrogens with two attached hydrogens (primary N) is 1. The Morgan fingerprint density at radius 1 is 1.42 bits per heavy atom. The summed E-state index contributed by atoms with van der Waals surface area (Å²) >= 11 is 3.30.